The largest absolute Gasteiger partial charge is 0.445 e. The summed E-state index contributed by atoms with van der Waals surface area (Å²) in [6.07, 6.45) is 5.95. The molecule has 0 radical (unpaired) electrons. The summed E-state index contributed by atoms with van der Waals surface area (Å²) in [6.45, 7) is 2.50. The Morgan fingerprint density at radius 1 is 1.28 bits per heavy atom. The Bertz CT molecular complexity index is 414. The van der Waals surface area contributed by atoms with E-state index in [2.05, 4.69) is 24.4 Å². The Balaban J connectivity index is 1.74. The predicted molar refractivity (Wildman–Crippen MR) is 71.1 cm³/mol. The summed E-state index contributed by atoms with van der Waals surface area (Å²) in [5.74, 6) is 0.614. The highest BCUT2D eigenvalue weighted by Gasteiger charge is 2.15. The highest BCUT2D eigenvalue weighted by atomic mass is 16.5. The fourth-order valence-corrected chi connectivity index (χ4v) is 2.00. The molecule has 3 nitrogen and oxygen atoms in total. The summed E-state index contributed by atoms with van der Waals surface area (Å²) < 4.78 is 5.17. The summed E-state index contributed by atoms with van der Waals surface area (Å²) in [5, 5.41) is 2.86. The van der Waals surface area contributed by atoms with E-state index in [0.29, 0.717) is 12.5 Å². The maximum absolute atomic E-state index is 11.6. The maximum Gasteiger partial charge on any atom is 0.407 e. The first-order chi connectivity index (χ1) is 8.74. The minimum Gasteiger partial charge on any atom is -0.445 e. The zero-order valence-corrected chi connectivity index (χ0v) is 10.6. The van der Waals surface area contributed by atoms with Gasteiger partial charge in [0.25, 0.3) is 0 Å². The fraction of sp³-hybridized carbons (Fsp3) is 0.400. The number of benzene rings is 1. The highest BCUT2D eigenvalue weighted by Crippen LogP contribution is 2.16. The van der Waals surface area contributed by atoms with E-state index in [-0.39, 0.29) is 12.1 Å². The monoisotopic (exact) mass is 245 g/mol. The van der Waals surface area contributed by atoms with Crippen molar-refractivity contribution in [1.29, 1.82) is 0 Å². The first-order valence-electron chi connectivity index (χ1n) is 6.39. The van der Waals surface area contributed by atoms with E-state index in [0.717, 1.165) is 18.4 Å². The SMILES string of the molecule is C[C@@H]1C=C[C@@H](NC(=O)OCc2ccccc2)CC1. The number of amides is 1. The molecule has 1 amide bonds. The highest BCUT2D eigenvalue weighted by molar-refractivity contribution is 5.67. The summed E-state index contributed by atoms with van der Waals surface area (Å²) in [7, 11) is 0. The smallest absolute Gasteiger partial charge is 0.407 e. The predicted octanol–water partition coefficient (Wildman–Crippen LogP) is 3.27. The molecule has 18 heavy (non-hydrogen) atoms. The second kappa shape index (κ2) is 6.24. The second-order valence-corrected chi connectivity index (χ2v) is 4.75. The van der Waals surface area contributed by atoms with Crippen molar-refractivity contribution >= 4 is 6.09 Å². The van der Waals surface area contributed by atoms with Crippen molar-refractivity contribution < 1.29 is 9.53 Å². The lowest BCUT2D eigenvalue weighted by atomic mass is 9.95. The fourth-order valence-electron chi connectivity index (χ4n) is 2.00. The van der Waals surface area contributed by atoms with Gasteiger partial charge in [0.1, 0.15) is 6.61 Å². The average Bonchev–Trinajstić information content (AvgIpc) is 2.40. The number of ether oxygens (including phenoxy) is 1. The van der Waals surface area contributed by atoms with Crippen molar-refractivity contribution in [3.05, 3.63) is 48.0 Å². The molecule has 0 aromatic heterocycles. The molecule has 0 unspecified atom stereocenters. The molecule has 1 N–H and O–H groups in total. The molecule has 2 atom stereocenters. The quantitative estimate of drug-likeness (QED) is 0.830. The lowest BCUT2D eigenvalue weighted by molar-refractivity contribution is 0.136. The third-order valence-corrected chi connectivity index (χ3v) is 3.12. The van der Waals surface area contributed by atoms with Crippen LogP contribution < -0.4 is 5.32 Å². The molecule has 0 spiro atoms. The van der Waals surface area contributed by atoms with E-state index in [4.69, 9.17) is 4.74 Å². The van der Waals surface area contributed by atoms with Crippen LogP contribution in [0.1, 0.15) is 25.3 Å². The lowest BCUT2D eigenvalue weighted by Crippen LogP contribution is -2.35. The second-order valence-electron chi connectivity index (χ2n) is 4.75. The zero-order valence-electron chi connectivity index (χ0n) is 10.6. The molecule has 0 heterocycles. The molecule has 3 heteroatoms. The van der Waals surface area contributed by atoms with E-state index in [1.54, 1.807) is 0 Å². The van der Waals surface area contributed by atoms with Crippen LogP contribution in [0.2, 0.25) is 0 Å². The minimum atomic E-state index is -0.344. The van der Waals surface area contributed by atoms with Gasteiger partial charge in [-0.25, -0.2) is 4.79 Å². The van der Waals surface area contributed by atoms with Gasteiger partial charge in [-0.2, -0.15) is 0 Å². The molecule has 1 aliphatic rings. The van der Waals surface area contributed by atoms with Crippen LogP contribution in [0, 0.1) is 5.92 Å². The van der Waals surface area contributed by atoms with Gasteiger partial charge >= 0.3 is 6.09 Å². The molecular weight excluding hydrogens is 226 g/mol. The Kier molecular flexibility index (Phi) is 4.40. The first kappa shape index (κ1) is 12.7. The molecule has 0 saturated carbocycles. The topological polar surface area (TPSA) is 38.3 Å². The Morgan fingerprint density at radius 3 is 2.72 bits per heavy atom. The number of hydrogen-bond acceptors (Lipinski definition) is 2. The van der Waals surface area contributed by atoms with Gasteiger partial charge in [0.15, 0.2) is 0 Å². The molecule has 0 saturated heterocycles. The van der Waals surface area contributed by atoms with Crippen LogP contribution in [0.3, 0.4) is 0 Å². The third-order valence-electron chi connectivity index (χ3n) is 3.12. The number of carbonyl (C=O) groups excluding carboxylic acids is 1. The van der Waals surface area contributed by atoms with E-state index < -0.39 is 0 Å². The number of nitrogens with one attached hydrogen (secondary N) is 1. The summed E-state index contributed by atoms with van der Waals surface area (Å²) in [4.78, 5) is 11.6. The number of hydrogen-bond donors (Lipinski definition) is 1. The van der Waals surface area contributed by atoms with E-state index >= 15 is 0 Å². The summed E-state index contributed by atoms with van der Waals surface area (Å²) in [6, 6.07) is 9.80. The molecule has 2 rings (SSSR count). The normalized spacial score (nSPS) is 22.5. The van der Waals surface area contributed by atoms with Crippen molar-refractivity contribution in [2.24, 2.45) is 5.92 Å². The number of alkyl carbamates (subject to hydrolysis) is 1. The van der Waals surface area contributed by atoms with Crippen molar-refractivity contribution in [1.82, 2.24) is 5.32 Å². The molecule has 0 bridgehead atoms. The molecule has 1 aromatic carbocycles. The van der Waals surface area contributed by atoms with E-state index in [1.165, 1.54) is 0 Å². The molecule has 1 aliphatic carbocycles. The van der Waals surface area contributed by atoms with Crippen LogP contribution in [0.15, 0.2) is 42.5 Å². The van der Waals surface area contributed by atoms with Crippen LogP contribution in [0.5, 0.6) is 0 Å². The van der Waals surface area contributed by atoms with Gasteiger partial charge in [0.2, 0.25) is 0 Å². The Hall–Kier alpha value is -1.77. The van der Waals surface area contributed by atoms with Crippen LogP contribution in [0.25, 0.3) is 0 Å². The van der Waals surface area contributed by atoms with Gasteiger partial charge in [-0.1, -0.05) is 49.4 Å². The first-order valence-corrected chi connectivity index (χ1v) is 6.39. The zero-order chi connectivity index (χ0) is 12.8. The van der Waals surface area contributed by atoms with E-state index in [1.807, 2.05) is 30.3 Å². The molecular formula is C15H19NO2. The van der Waals surface area contributed by atoms with Gasteiger partial charge in [-0.05, 0) is 24.3 Å². The number of allylic oxidation sites excluding steroid dienone is 1. The molecule has 0 aliphatic heterocycles. The van der Waals surface area contributed by atoms with Crippen molar-refractivity contribution in [3.63, 3.8) is 0 Å². The number of carbonyl (C=O) groups is 1. The number of rotatable bonds is 3. The van der Waals surface area contributed by atoms with Gasteiger partial charge < -0.3 is 10.1 Å². The van der Waals surface area contributed by atoms with Crippen molar-refractivity contribution in [3.8, 4) is 0 Å². The average molecular weight is 245 g/mol. The van der Waals surface area contributed by atoms with Gasteiger partial charge in [0, 0.05) is 0 Å². The molecule has 96 valence electrons. The Morgan fingerprint density at radius 2 is 2.06 bits per heavy atom. The van der Waals surface area contributed by atoms with Crippen molar-refractivity contribution in [2.45, 2.75) is 32.4 Å². The molecule has 1 aromatic rings. The van der Waals surface area contributed by atoms with Crippen LogP contribution in [-0.4, -0.2) is 12.1 Å². The standard InChI is InChI=1S/C15H19NO2/c1-12-7-9-14(10-8-12)16-15(17)18-11-13-5-3-2-4-6-13/h2-7,9,12,14H,8,10-11H2,1H3,(H,16,17)/t12-,14-/m1/s1. The maximum atomic E-state index is 11.6. The minimum absolute atomic E-state index is 0.115. The van der Waals surface area contributed by atoms with Crippen LogP contribution in [0.4, 0.5) is 4.79 Å². The summed E-state index contributed by atoms with van der Waals surface area (Å²) in [5.41, 5.74) is 1.00. The van der Waals surface area contributed by atoms with Crippen LogP contribution >= 0.6 is 0 Å². The third kappa shape index (κ3) is 3.91. The molecule has 0 fully saturated rings. The summed E-state index contributed by atoms with van der Waals surface area (Å²) >= 11 is 0. The van der Waals surface area contributed by atoms with Crippen molar-refractivity contribution in [2.75, 3.05) is 0 Å². The Labute approximate surface area is 108 Å². The van der Waals surface area contributed by atoms with Gasteiger partial charge in [0.05, 0.1) is 6.04 Å². The van der Waals surface area contributed by atoms with E-state index in [9.17, 15) is 4.79 Å². The van der Waals surface area contributed by atoms with Gasteiger partial charge in [-0.15, -0.1) is 0 Å². The lowest BCUT2D eigenvalue weighted by Gasteiger charge is -2.21. The van der Waals surface area contributed by atoms with Crippen LogP contribution in [-0.2, 0) is 11.3 Å². The van der Waals surface area contributed by atoms with Gasteiger partial charge in [-0.3, -0.25) is 0 Å².